The first-order chi connectivity index (χ1) is 67.1. The number of fused-ring (bicyclic) bond motifs is 15. The molecule has 0 fully saturated rings. The van der Waals surface area contributed by atoms with E-state index in [2.05, 4.69) is 162 Å². The monoisotopic (exact) mass is 1740 g/mol. The normalized spacial score (nSPS) is 14.9. The van der Waals surface area contributed by atoms with Crippen LogP contribution in [0.1, 0.15) is 209 Å². The lowest BCUT2D eigenvalue weighted by molar-refractivity contribution is -0.660. The summed E-state index contributed by atoms with van der Waals surface area (Å²) in [4.78, 5) is 22.7. The van der Waals surface area contributed by atoms with Crippen LogP contribution in [0, 0.1) is 86.9 Å². The summed E-state index contributed by atoms with van der Waals surface area (Å²) < 4.78 is 155. The van der Waals surface area contributed by atoms with E-state index in [-0.39, 0.29) is 16.5 Å². The van der Waals surface area contributed by atoms with Crippen molar-refractivity contribution in [2.45, 2.75) is 190 Å². The third-order valence-electron chi connectivity index (χ3n) is 24.2. The lowest BCUT2D eigenvalue weighted by atomic mass is 9.87. The molecule has 0 aliphatic carbocycles. The van der Waals surface area contributed by atoms with E-state index in [1.54, 1.807) is 29.9 Å². The first kappa shape index (κ1) is 73.5. The molecule has 20 aromatic rings. The van der Waals surface area contributed by atoms with E-state index in [0.717, 1.165) is 173 Å². The molecule has 15 nitrogen and oxygen atoms in total. The summed E-state index contributed by atoms with van der Waals surface area (Å²) in [6.07, 6.45) is 8.87. The number of aryl methyl sites for hydroxylation is 16. The molecule has 0 saturated carbocycles. The fourth-order valence-corrected chi connectivity index (χ4v) is 17.5. The highest BCUT2D eigenvalue weighted by molar-refractivity contribution is 6.13. The highest BCUT2D eigenvalue weighted by Gasteiger charge is 2.30. The Morgan fingerprint density at radius 2 is 0.585 bits per heavy atom. The average Bonchev–Trinajstić information content (AvgIpc) is 1.58. The molecule has 0 aliphatic heterocycles. The first-order valence-electron chi connectivity index (χ1n) is 51.1. The smallest absolute Gasteiger partial charge is 0.227 e. The van der Waals surface area contributed by atoms with Gasteiger partial charge in [0.1, 0.15) is 35.2 Å². The molecule has 0 N–H and O–H groups in total. The van der Waals surface area contributed by atoms with Crippen molar-refractivity contribution >= 4 is 110 Å². The Hall–Kier alpha value is -13.4. The number of nitrogens with zero attached hydrogens (tertiary/aromatic N) is 10. The minimum absolute atomic E-state index is 0.0583. The molecular formula is C115H125N10O5+5. The van der Waals surface area contributed by atoms with Gasteiger partial charge in [-0.25, -0.2) is 47.8 Å². The van der Waals surface area contributed by atoms with Crippen LogP contribution in [0.4, 0.5) is 0 Å². The summed E-state index contributed by atoms with van der Waals surface area (Å²) in [7, 11) is 9.71. The molecule has 0 spiro atoms. The number of aromatic nitrogens is 10. The number of rotatable bonds is 10. The Morgan fingerprint density at radius 1 is 0.308 bits per heavy atom. The van der Waals surface area contributed by atoms with Crippen LogP contribution in [0.2, 0.25) is 0 Å². The maximum atomic E-state index is 8.70. The second-order valence-electron chi connectivity index (χ2n) is 37.4. The van der Waals surface area contributed by atoms with Gasteiger partial charge in [-0.15, -0.1) is 0 Å². The third-order valence-corrected chi connectivity index (χ3v) is 24.2. The minimum atomic E-state index is -2.73. The second-order valence-corrected chi connectivity index (χ2v) is 37.4. The number of benzene rings is 5. The Kier molecular flexibility index (Phi) is 20.1. The largest absolute Gasteiger partial charge is 0.437 e. The van der Waals surface area contributed by atoms with Crippen molar-refractivity contribution in [3.63, 3.8) is 0 Å². The molecule has 2 unspecified atom stereocenters. The van der Waals surface area contributed by atoms with Gasteiger partial charge in [-0.3, -0.25) is 0 Å². The fraction of sp³-hybridized carbons (Fsp3) is 0.304. The van der Waals surface area contributed by atoms with Gasteiger partial charge < -0.3 is 22.1 Å². The van der Waals surface area contributed by atoms with Crippen molar-refractivity contribution in [3.05, 3.63) is 297 Å². The summed E-state index contributed by atoms with van der Waals surface area (Å²) in [5, 5.41) is 9.94. The molecule has 15 heteroatoms. The van der Waals surface area contributed by atoms with Crippen molar-refractivity contribution in [1.29, 1.82) is 0 Å². The molecule has 660 valence electrons. The molecule has 0 bridgehead atoms. The zero-order chi connectivity index (χ0) is 105. The van der Waals surface area contributed by atoms with Crippen LogP contribution in [-0.2, 0) is 48.0 Å². The standard InChI is InChI=1S/2C24H27N2O.C23H25N2O.2C22H23N2O/c2*1-15-7-9-18-19-10-8-16(2)25-23(19)27-22(18)21(15)20-13-17(11-12-26(20)6)14-24(3,4)5;1-13(2)19-11-20(25(6)12-15(19)4)21-14(3)7-9-17-18-10-8-16(5)24-23(18)26-22(17)21;2*1-13(2)16-10-11-24(5)19(12-16)20-14(3)6-8-17-18-9-7-15(4)23-22(18)25-21(17)20/h2*7-13H,14H2,1-6H3;7-13H,1-6H3;2*6-13H,1-5H3/q5*+1/i14D2;;1D3,4D3,13D;1D3,13D;13D. The molecule has 15 heterocycles. The van der Waals surface area contributed by atoms with Crippen molar-refractivity contribution in [2.24, 2.45) is 46.1 Å². The number of hydrogen-bond donors (Lipinski definition) is 0. The fourth-order valence-electron chi connectivity index (χ4n) is 17.5. The quantitative estimate of drug-likeness (QED) is 0.121. The van der Waals surface area contributed by atoms with E-state index in [1.165, 1.54) is 42.9 Å². The van der Waals surface area contributed by atoms with Crippen LogP contribution in [0.25, 0.3) is 167 Å². The molecule has 0 aliphatic rings. The number of hydrogen-bond acceptors (Lipinski definition) is 10. The average molecular weight is 1740 g/mol. The zero-order valence-electron chi connectivity index (χ0n) is 93.4. The molecule has 130 heavy (non-hydrogen) atoms. The summed E-state index contributed by atoms with van der Waals surface area (Å²) >= 11 is 0. The van der Waals surface area contributed by atoms with Crippen LogP contribution < -0.4 is 22.8 Å². The zero-order valence-corrected chi connectivity index (χ0v) is 79.4. The van der Waals surface area contributed by atoms with E-state index in [4.69, 9.17) is 41.3 Å². The second kappa shape index (κ2) is 35.6. The van der Waals surface area contributed by atoms with Gasteiger partial charge in [0.15, 0.2) is 58.9 Å². The van der Waals surface area contributed by atoms with Gasteiger partial charge in [0, 0.05) is 162 Å². The minimum Gasteiger partial charge on any atom is -0.437 e. The summed E-state index contributed by atoms with van der Waals surface area (Å²) in [5.74, 6) is -4.50. The van der Waals surface area contributed by atoms with Gasteiger partial charge in [0.25, 0.3) is 0 Å². The van der Waals surface area contributed by atoms with E-state index in [0.29, 0.717) is 62.1 Å². The van der Waals surface area contributed by atoms with E-state index in [1.807, 2.05) is 211 Å². The number of furan rings is 5. The summed E-state index contributed by atoms with van der Waals surface area (Å²) in [5.41, 5.74) is 29.0. The lowest BCUT2D eigenvalue weighted by Gasteiger charge is -2.18. The topological polar surface area (TPSA) is 150 Å². The molecule has 0 amide bonds. The van der Waals surface area contributed by atoms with Crippen molar-refractivity contribution in [2.75, 3.05) is 0 Å². The Morgan fingerprint density at radius 3 is 0.877 bits per heavy atom. The van der Waals surface area contributed by atoms with Gasteiger partial charge in [-0.05, 0) is 234 Å². The molecule has 20 rings (SSSR count). The van der Waals surface area contributed by atoms with E-state index < -0.39 is 50.0 Å². The molecule has 0 radical (unpaired) electrons. The summed E-state index contributed by atoms with van der Waals surface area (Å²) in [6.45, 7) is 31.3. The molecule has 2 atom stereocenters. The Labute approximate surface area is 783 Å². The van der Waals surface area contributed by atoms with Crippen molar-refractivity contribution in [1.82, 2.24) is 24.9 Å². The van der Waals surface area contributed by atoms with Gasteiger partial charge in [0.05, 0.1) is 27.8 Å². The molecular weight excluding hydrogens is 1600 g/mol. The lowest BCUT2D eigenvalue weighted by Crippen LogP contribution is -2.32. The van der Waals surface area contributed by atoms with Crippen LogP contribution in [0.15, 0.2) is 229 Å². The Bertz CT molecular complexity index is 8310. The predicted octanol–water partition coefficient (Wildman–Crippen LogP) is 27.3. The Balaban J connectivity index is 0.000000129. The molecule has 15 aromatic heterocycles. The first-order valence-corrected chi connectivity index (χ1v) is 44.1. The van der Waals surface area contributed by atoms with Crippen molar-refractivity contribution < 1.29 is 64.1 Å². The van der Waals surface area contributed by atoms with Gasteiger partial charge >= 0.3 is 0 Å². The maximum Gasteiger partial charge on any atom is 0.227 e. The van der Waals surface area contributed by atoms with Gasteiger partial charge in [-0.2, -0.15) is 0 Å². The van der Waals surface area contributed by atoms with E-state index >= 15 is 0 Å². The molecule has 0 saturated heterocycles. The third kappa shape index (κ3) is 18.0. The van der Waals surface area contributed by atoms with E-state index in [9.17, 15) is 0 Å². The van der Waals surface area contributed by atoms with Crippen molar-refractivity contribution in [3.8, 4) is 56.3 Å². The number of pyridine rings is 10. The highest BCUT2D eigenvalue weighted by atomic mass is 16.4. The van der Waals surface area contributed by atoms with Crippen LogP contribution in [-0.4, -0.2) is 24.9 Å². The van der Waals surface area contributed by atoms with Gasteiger partial charge in [0.2, 0.25) is 57.0 Å². The molecule has 5 aromatic carbocycles. The predicted molar refractivity (Wildman–Crippen MR) is 531 cm³/mol. The maximum absolute atomic E-state index is 8.70. The highest BCUT2D eigenvalue weighted by Crippen LogP contribution is 2.44. The van der Waals surface area contributed by atoms with Crippen LogP contribution >= 0.6 is 0 Å². The van der Waals surface area contributed by atoms with Gasteiger partial charge in [-0.1, -0.05) is 144 Å². The SMILES string of the molecule is Cc1ccc2c(n1)oc1c(-c3cc(CC(C)(C)C)cc[n+]3C)c(C)ccc12.[2H]C(C)(C)c1cc[n+](C)c(-c2c(C)ccc3c2oc2nc(C)ccc23)c1.[2H]C([2H])([2H])C([2H])(C)c1cc[n+](C)c(-c2c(C)ccc3c2oc2nc(C)ccc23)c1.[2H]C([2H])([2H])c1c[n+](C)c(-c2c(C)ccc3c2oc2nc(C)ccc23)cc1C([2H])(C)C([2H])([2H])[2H].[2H]C([2H])(c1cc[n+](C)c(-c2c(C)ccc3c2oc2nc(C)ccc23)c1)C(C)(C)C. The van der Waals surface area contributed by atoms with Crippen LogP contribution in [0.3, 0.4) is 0 Å². The summed E-state index contributed by atoms with van der Waals surface area (Å²) in [6, 6.07) is 58.2. The van der Waals surface area contributed by atoms with Crippen LogP contribution in [0.5, 0.6) is 0 Å².